The Labute approximate surface area is 236 Å². The van der Waals surface area contributed by atoms with E-state index in [1.165, 1.54) is 0 Å². The number of carbonyl (C=O) groups is 3. The quantitative estimate of drug-likeness (QED) is 0.223. The summed E-state index contributed by atoms with van der Waals surface area (Å²) in [6, 6.07) is 20.7. The molecule has 0 aliphatic rings. The van der Waals surface area contributed by atoms with Crippen LogP contribution in [0, 0.1) is 5.92 Å². The summed E-state index contributed by atoms with van der Waals surface area (Å²) in [6.07, 6.45) is 0.0568. The molecule has 1 heterocycles. The molecule has 0 saturated carbocycles. The van der Waals surface area contributed by atoms with Crippen molar-refractivity contribution < 1.29 is 19.5 Å². The smallest absolute Gasteiger partial charge is 0.329 e. The van der Waals surface area contributed by atoms with E-state index in [1.807, 2.05) is 6.07 Å². The molecular formula is C31H32N4O6. The van der Waals surface area contributed by atoms with Gasteiger partial charge in [-0.05, 0) is 29.2 Å². The number of aliphatic carboxylic acids is 1. The maximum absolute atomic E-state index is 13.9. The minimum atomic E-state index is -1.30. The first kappa shape index (κ1) is 29.0. The minimum absolute atomic E-state index is 0.00256. The first-order valence-corrected chi connectivity index (χ1v) is 13.3. The van der Waals surface area contributed by atoms with E-state index >= 15 is 0 Å². The molecule has 41 heavy (non-hydrogen) atoms. The van der Waals surface area contributed by atoms with Crippen LogP contribution in [0.5, 0.6) is 0 Å². The lowest BCUT2D eigenvalue weighted by Gasteiger charge is -2.26. The molecule has 4 N–H and O–H groups in total. The number of aromatic amines is 1. The molecule has 2 amide bonds. The predicted molar refractivity (Wildman–Crippen MR) is 154 cm³/mol. The summed E-state index contributed by atoms with van der Waals surface area (Å²) in [5, 5.41) is 15.1. The van der Waals surface area contributed by atoms with Gasteiger partial charge in [-0.2, -0.15) is 0 Å². The fourth-order valence-electron chi connectivity index (χ4n) is 4.69. The number of aromatic nitrogens is 2. The van der Waals surface area contributed by atoms with Gasteiger partial charge in [0.2, 0.25) is 11.8 Å². The third-order valence-electron chi connectivity index (χ3n) is 6.87. The highest BCUT2D eigenvalue weighted by molar-refractivity contribution is 5.92. The van der Waals surface area contributed by atoms with E-state index in [0.717, 1.165) is 10.1 Å². The van der Waals surface area contributed by atoms with Gasteiger partial charge in [0.05, 0.1) is 10.9 Å². The molecule has 212 valence electrons. The Morgan fingerprint density at radius 2 is 1.34 bits per heavy atom. The molecule has 4 rings (SSSR count). The van der Waals surface area contributed by atoms with E-state index in [2.05, 4.69) is 15.6 Å². The van der Waals surface area contributed by atoms with Crippen LogP contribution in [0.2, 0.25) is 0 Å². The van der Waals surface area contributed by atoms with Crippen molar-refractivity contribution in [3.8, 4) is 0 Å². The molecule has 3 atom stereocenters. The Balaban J connectivity index is 1.74. The topological polar surface area (TPSA) is 150 Å². The number of nitrogens with zero attached hydrogens (tertiary/aromatic N) is 1. The molecular weight excluding hydrogens is 524 g/mol. The second-order valence-corrected chi connectivity index (χ2v) is 10.2. The lowest BCUT2D eigenvalue weighted by atomic mass is 10.0. The highest BCUT2D eigenvalue weighted by atomic mass is 16.4. The highest BCUT2D eigenvalue weighted by Crippen LogP contribution is 2.15. The molecule has 0 spiro atoms. The Kier molecular flexibility index (Phi) is 9.13. The number of carboxylic acid groups (broad SMARTS) is 1. The van der Waals surface area contributed by atoms with Gasteiger partial charge in [-0.15, -0.1) is 0 Å². The molecule has 0 unspecified atom stereocenters. The maximum Gasteiger partial charge on any atom is 0.329 e. The summed E-state index contributed by atoms with van der Waals surface area (Å²) in [4.78, 5) is 68.5. The van der Waals surface area contributed by atoms with Gasteiger partial charge < -0.3 is 20.7 Å². The van der Waals surface area contributed by atoms with E-state index in [1.54, 1.807) is 92.7 Å². The number of nitrogens with one attached hydrogen (secondary N) is 3. The number of amides is 2. The summed E-state index contributed by atoms with van der Waals surface area (Å²) < 4.78 is 0.871. The van der Waals surface area contributed by atoms with E-state index < -0.39 is 53.1 Å². The van der Waals surface area contributed by atoms with Crippen LogP contribution < -0.4 is 21.9 Å². The van der Waals surface area contributed by atoms with E-state index in [0.29, 0.717) is 11.1 Å². The molecule has 0 radical (unpaired) electrons. The van der Waals surface area contributed by atoms with Crippen molar-refractivity contribution in [2.24, 2.45) is 5.92 Å². The maximum atomic E-state index is 13.9. The van der Waals surface area contributed by atoms with E-state index in [9.17, 15) is 29.1 Å². The summed E-state index contributed by atoms with van der Waals surface area (Å²) in [5.74, 6) is -3.04. The zero-order valence-corrected chi connectivity index (χ0v) is 22.7. The average Bonchev–Trinajstić information content (AvgIpc) is 2.95. The van der Waals surface area contributed by atoms with Crippen molar-refractivity contribution in [3.63, 3.8) is 0 Å². The van der Waals surface area contributed by atoms with Crippen molar-refractivity contribution in [2.75, 3.05) is 0 Å². The van der Waals surface area contributed by atoms with Crippen LogP contribution in [-0.4, -0.2) is 44.5 Å². The SMILES string of the molecule is CC(C)[C@H](NC(=O)[C@H](Cc1ccccc1)NC(=O)[C@@H](Cc1ccccc1)n1c(=O)[nH]c2ccccc2c1=O)C(=O)O. The average molecular weight is 557 g/mol. The number of H-pyrrole nitrogens is 1. The molecule has 1 aromatic heterocycles. The number of para-hydroxylation sites is 1. The van der Waals surface area contributed by atoms with Crippen molar-refractivity contribution in [3.05, 3.63) is 117 Å². The molecule has 0 fully saturated rings. The second-order valence-electron chi connectivity index (χ2n) is 10.2. The van der Waals surface area contributed by atoms with Gasteiger partial charge in [-0.3, -0.25) is 14.4 Å². The van der Waals surface area contributed by atoms with Crippen LogP contribution >= 0.6 is 0 Å². The number of fused-ring (bicyclic) bond motifs is 1. The van der Waals surface area contributed by atoms with Gasteiger partial charge in [0.15, 0.2) is 0 Å². The number of benzene rings is 3. The van der Waals surface area contributed by atoms with Crippen LogP contribution in [0.25, 0.3) is 10.9 Å². The van der Waals surface area contributed by atoms with Gasteiger partial charge in [0.25, 0.3) is 5.56 Å². The lowest BCUT2D eigenvalue weighted by molar-refractivity contribution is -0.143. The standard InChI is InChI=1S/C31H32N4O6/c1-19(2)26(30(39)40)34-27(36)24(17-20-11-5-3-6-12-20)32-28(37)25(18-21-13-7-4-8-14-21)35-29(38)22-15-9-10-16-23(22)33-31(35)41/h3-16,19,24-26H,17-18H2,1-2H3,(H,32,37)(H,33,41)(H,34,36)(H,39,40)/t24-,25+,26-/m0/s1. The molecule has 3 aromatic carbocycles. The van der Waals surface area contributed by atoms with Crippen LogP contribution in [0.1, 0.15) is 31.0 Å². The van der Waals surface area contributed by atoms with E-state index in [-0.39, 0.29) is 18.2 Å². The number of hydrogen-bond donors (Lipinski definition) is 4. The first-order chi connectivity index (χ1) is 19.7. The molecule has 10 heteroatoms. The summed E-state index contributed by atoms with van der Waals surface area (Å²) in [7, 11) is 0. The van der Waals surface area contributed by atoms with Gasteiger partial charge >= 0.3 is 11.7 Å². The monoisotopic (exact) mass is 556 g/mol. The summed E-state index contributed by atoms with van der Waals surface area (Å²) >= 11 is 0. The van der Waals surface area contributed by atoms with Gasteiger partial charge in [-0.25, -0.2) is 14.2 Å². The Morgan fingerprint density at radius 1 is 0.780 bits per heavy atom. The zero-order valence-electron chi connectivity index (χ0n) is 22.7. The molecule has 0 aliphatic heterocycles. The summed E-state index contributed by atoms with van der Waals surface area (Å²) in [5.41, 5.74) is 0.355. The molecule has 4 aromatic rings. The van der Waals surface area contributed by atoms with Crippen LogP contribution in [0.15, 0.2) is 94.5 Å². The Bertz CT molecular complexity index is 1650. The normalized spacial score (nSPS) is 13.3. The zero-order chi connectivity index (χ0) is 29.5. The predicted octanol–water partition coefficient (Wildman–Crippen LogP) is 2.43. The van der Waals surface area contributed by atoms with Crippen LogP contribution in [-0.2, 0) is 27.2 Å². The lowest BCUT2D eigenvalue weighted by Crippen LogP contribution is -2.56. The summed E-state index contributed by atoms with van der Waals surface area (Å²) in [6.45, 7) is 3.33. The minimum Gasteiger partial charge on any atom is -0.480 e. The van der Waals surface area contributed by atoms with Gasteiger partial charge in [-0.1, -0.05) is 86.6 Å². The first-order valence-electron chi connectivity index (χ1n) is 13.3. The van der Waals surface area contributed by atoms with Crippen molar-refractivity contribution >= 4 is 28.7 Å². The number of carbonyl (C=O) groups excluding carboxylic acids is 2. The molecule has 0 saturated heterocycles. The van der Waals surface area contributed by atoms with Gasteiger partial charge in [0, 0.05) is 12.8 Å². The fourth-order valence-corrected chi connectivity index (χ4v) is 4.69. The number of rotatable bonds is 11. The van der Waals surface area contributed by atoms with Crippen molar-refractivity contribution in [1.82, 2.24) is 20.2 Å². The fraction of sp³-hybridized carbons (Fsp3) is 0.258. The Hall–Kier alpha value is -4.99. The number of hydrogen-bond acceptors (Lipinski definition) is 5. The number of carboxylic acids is 1. The molecule has 0 aliphatic carbocycles. The molecule has 10 nitrogen and oxygen atoms in total. The van der Waals surface area contributed by atoms with Gasteiger partial charge in [0.1, 0.15) is 18.1 Å². The third-order valence-corrected chi connectivity index (χ3v) is 6.87. The van der Waals surface area contributed by atoms with Crippen molar-refractivity contribution in [1.29, 1.82) is 0 Å². The van der Waals surface area contributed by atoms with E-state index in [4.69, 9.17) is 0 Å². The highest BCUT2D eigenvalue weighted by Gasteiger charge is 2.32. The second kappa shape index (κ2) is 12.9. The largest absolute Gasteiger partial charge is 0.480 e. The van der Waals surface area contributed by atoms with Crippen LogP contribution in [0.3, 0.4) is 0 Å². The third kappa shape index (κ3) is 6.96. The van der Waals surface area contributed by atoms with Crippen molar-refractivity contribution in [2.45, 2.75) is 44.8 Å². The Morgan fingerprint density at radius 3 is 1.93 bits per heavy atom. The van der Waals surface area contributed by atoms with Crippen LogP contribution in [0.4, 0.5) is 0 Å². The molecule has 0 bridgehead atoms.